The van der Waals surface area contributed by atoms with Crippen LogP contribution in [0.4, 0.5) is 14.5 Å². The molecule has 0 unspecified atom stereocenters. The van der Waals surface area contributed by atoms with Gasteiger partial charge in [0.1, 0.15) is 29.3 Å². The fourth-order valence-electron chi connectivity index (χ4n) is 4.06. The van der Waals surface area contributed by atoms with Gasteiger partial charge < -0.3 is 4.74 Å². The van der Waals surface area contributed by atoms with Crippen molar-refractivity contribution in [3.63, 3.8) is 0 Å². The average Bonchev–Trinajstić information content (AvgIpc) is 2.83. The van der Waals surface area contributed by atoms with Crippen LogP contribution in [0.3, 0.4) is 0 Å². The topological polar surface area (TPSA) is 63.7 Å². The number of Topliss-reactive ketones (excluding diaryl/α,β-unsaturated/α-hetero) is 1. The molecule has 0 N–H and O–H groups in total. The molecule has 1 aliphatic heterocycles. The van der Waals surface area contributed by atoms with E-state index < -0.39 is 27.8 Å². The van der Waals surface area contributed by atoms with Crippen molar-refractivity contribution in [1.82, 2.24) is 0 Å². The summed E-state index contributed by atoms with van der Waals surface area (Å²) in [5.41, 5.74) is 1.33. The number of benzene rings is 3. The summed E-state index contributed by atoms with van der Waals surface area (Å²) in [6, 6.07) is 14.2. The second kappa shape index (κ2) is 10.00. The number of carbonyl (C=O) groups excluding carboxylic acids is 1. The van der Waals surface area contributed by atoms with Gasteiger partial charge in [-0.2, -0.15) is 0 Å². The molecule has 0 saturated heterocycles. The minimum Gasteiger partial charge on any atom is -0.486 e. The maximum absolute atomic E-state index is 14.5. The third-order valence-electron chi connectivity index (χ3n) is 5.82. The Morgan fingerprint density at radius 2 is 1.94 bits per heavy atom. The van der Waals surface area contributed by atoms with Gasteiger partial charge in [0, 0.05) is 18.4 Å². The van der Waals surface area contributed by atoms with Gasteiger partial charge in [0.05, 0.1) is 17.1 Å². The number of carbonyl (C=O) groups is 1. The molecule has 0 radical (unpaired) electrons. The molecular formula is C27H25F2NO4S. The number of anilines is 1. The Morgan fingerprint density at radius 3 is 2.69 bits per heavy atom. The number of ether oxygens (including phenoxy) is 1. The van der Waals surface area contributed by atoms with Gasteiger partial charge in [-0.05, 0) is 66.9 Å². The molecule has 3 aromatic carbocycles. The lowest BCUT2D eigenvalue weighted by molar-refractivity contribution is -0.118. The predicted molar refractivity (Wildman–Crippen MR) is 131 cm³/mol. The number of hydrogen-bond acceptors (Lipinski definition) is 4. The minimum absolute atomic E-state index is 0.0119. The number of aryl methyl sites for hydroxylation is 1. The number of sulfonamides is 1. The first-order valence-corrected chi connectivity index (χ1v) is 12.6. The highest BCUT2D eigenvalue weighted by Crippen LogP contribution is 2.41. The third-order valence-corrected chi connectivity index (χ3v) is 7.60. The molecule has 0 bridgehead atoms. The zero-order chi connectivity index (χ0) is 25.2. The molecule has 0 saturated carbocycles. The summed E-state index contributed by atoms with van der Waals surface area (Å²) in [4.78, 5) is 12.1. The lowest BCUT2D eigenvalue weighted by Crippen LogP contribution is -2.43. The number of hydrogen-bond donors (Lipinski definition) is 0. The second-order valence-electron chi connectivity index (χ2n) is 8.47. The zero-order valence-electron chi connectivity index (χ0n) is 19.2. The molecule has 1 atom stereocenters. The summed E-state index contributed by atoms with van der Waals surface area (Å²) in [5, 5.41) is 0. The molecule has 4 rings (SSSR count). The molecule has 0 spiro atoms. The number of nitrogens with zero attached hydrogens (tertiary/aromatic N) is 1. The van der Waals surface area contributed by atoms with Crippen molar-refractivity contribution in [2.24, 2.45) is 0 Å². The van der Waals surface area contributed by atoms with Gasteiger partial charge in [0.15, 0.2) is 0 Å². The van der Waals surface area contributed by atoms with Gasteiger partial charge in [0.25, 0.3) is 10.0 Å². The van der Waals surface area contributed by atoms with E-state index in [1.54, 1.807) is 37.3 Å². The lowest BCUT2D eigenvalue weighted by Gasteiger charge is -2.36. The van der Waals surface area contributed by atoms with E-state index in [4.69, 9.17) is 4.74 Å². The van der Waals surface area contributed by atoms with Crippen molar-refractivity contribution in [1.29, 1.82) is 0 Å². The van der Waals surface area contributed by atoms with E-state index >= 15 is 0 Å². The Bertz CT molecular complexity index is 1390. The molecule has 182 valence electrons. The molecule has 35 heavy (non-hydrogen) atoms. The largest absolute Gasteiger partial charge is 0.486 e. The Morgan fingerprint density at radius 1 is 1.14 bits per heavy atom. The van der Waals surface area contributed by atoms with Gasteiger partial charge in [-0.3, -0.25) is 9.10 Å². The highest BCUT2D eigenvalue weighted by molar-refractivity contribution is 7.92. The van der Waals surface area contributed by atoms with Crippen molar-refractivity contribution >= 4 is 21.5 Å². The number of ketones is 1. The molecule has 0 aliphatic carbocycles. The van der Waals surface area contributed by atoms with Crippen molar-refractivity contribution in [3.05, 3.63) is 90.5 Å². The van der Waals surface area contributed by atoms with Crippen LogP contribution >= 0.6 is 0 Å². The number of rotatable bonds is 8. The van der Waals surface area contributed by atoms with E-state index in [2.05, 4.69) is 6.58 Å². The highest BCUT2D eigenvalue weighted by Gasteiger charge is 2.35. The second-order valence-corrected chi connectivity index (χ2v) is 10.3. The highest BCUT2D eigenvalue weighted by atomic mass is 32.2. The van der Waals surface area contributed by atoms with Gasteiger partial charge in [-0.1, -0.05) is 24.3 Å². The SMILES string of the molecule is C=CCC(=O)CC[C@H]1CN(S(=O)(=O)c2cccc(C)c2)c2cc(-c3cc(F)ccc3F)ccc2O1. The third kappa shape index (κ3) is 5.27. The fourth-order valence-corrected chi connectivity index (χ4v) is 5.67. The normalized spacial score (nSPS) is 15.3. The van der Waals surface area contributed by atoms with Crippen LogP contribution in [-0.4, -0.2) is 26.8 Å². The molecule has 0 fully saturated rings. The first kappa shape index (κ1) is 24.6. The van der Waals surface area contributed by atoms with Gasteiger partial charge in [-0.25, -0.2) is 17.2 Å². The molecule has 0 aromatic heterocycles. The van der Waals surface area contributed by atoms with Crippen LogP contribution in [0.5, 0.6) is 5.75 Å². The molecule has 1 aliphatic rings. The monoisotopic (exact) mass is 497 g/mol. The van der Waals surface area contributed by atoms with Crippen molar-refractivity contribution < 1.29 is 26.7 Å². The first-order valence-electron chi connectivity index (χ1n) is 11.2. The van der Waals surface area contributed by atoms with Crippen LogP contribution in [0, 0.1) is 18.6 Å². The van der Waals surface area contributed by atoms with E-state index in [1.807, 2.05) is 0 Å². The Balaban J connectivity index is 1.77. The van der Waals surface area contributed by atoms with Gasteiger partial charge in [0.2, 0.25) is 0 Å². The lowest BCUT2D eigenvalue weighted by atomic mass is 10.0. The molecule has 0 amide bonds. The zero-order valence-corrected chi connectivity index (χ0v) is 20.0. The Labute approximate surface area is 203 Å². The van der Waals surface area contributed by atoms with E-state index in [1.165, 1.54) is 22.5 Å². The van der Waals surface area contributed by atoms with E-state index in [0.717, 1.165) is 23.8 Å². The van der Waals surface area contributed by atoms with Crippen LogP contribution in [0.25, 0.3) is 11.1 Å². The number of fused-ring (bicyclic) bond motifs is 1. The van der Waals surface area contributed by atoms with Crippen molar-refractivity contribution in [3.8, 4) is 16.9 Å². The minimum atomic E-state index is -4.01. The number of halogens is 2. The predicted octanol–water partition coefficient (Wildman–Crippen LogP) is 5.82. The van der Waals surface area contributed by atoms with E-state index in [0.29, 0.717) is 12.0 Å². The van der Waals surface area contributed by atoms with Crippen LogP contribution in [0.15, 0.2) is 78.2 Å². The summed E-state index contributed by atoms with van der Waals surface area (Å²) >= 11 is 0. The summed E-state index contributed by atoms with van der Waals surface area (Å²) in [5.74, 6) is -0.965. The maximum Gasteiger partial charge on any atom is 0.264 e. The smallest absolute Gasteiger partial charge is 0.264 e. The summed E-state index contributed by atoms with van der Waals surface area (Å²) in [6.07, 6.45) is 1.74. The van der Waals surface area contributed by atoms with Gasteiger partial charge in [-0.15, -0.1) is 6.58 Å². The molecule has 3 aromatic rings. The standard InChI is InChI=1S/C27H25F2NO4S/c1-3-5-21(31)10-11-22-17-30(35(32,33)23-7-4-6-18(2)14-23)26-15-19(8-13-27(26)34-22)24-16-20(28)9-12-25(24)29/h3-4,6-9,12-16,22H,1,5,10-11,17H2,2H3/t22-/m0/s1. The quantitative estimate of drug-likeness (QED) is 0.368. The van der Waals surface area contributed by atoms with E-state index in [9.17, 15) is 22.0 Å². The summed E-state index contributed by atoms with van der Waals surface area (Å²) < 4.78 is 63.0. The first-order chi connectivity index (χ1) is 16.7. The Kier molecular flexibility index (Phi) is 7.03. The van der Waals surface area contributed by atoms with E-state index in [-0.39, 0.29) is 47.1 Å². The molecule has 5 nitrogen and oxygen atoms in total. The van der Waals surface area contributed by atoms with Gasteiger partial charge >= 0.3 is 0 Å². The Hall–Kier alpha value is -3.52. The summed E-state index contributed by atoms with van der Waals surface area (Å²) in [6.45, 7) is 5.33. The fraction of sp³-hybridized carbons (Fsp3) is 0.222. The number of allylic oxidation sites excluding steroid dienone is 1. The van der Waals surface area contributed by atoms with Crippen molar-refractivity contribution in [2.45, 2.75) is 37.2 Å². The van der Waals surface area contributed by atoms with Crippen molar-refractivity contribution in [2.75, 3.05) is 10.8 Å². The molecule has 1 heterocycles. The van der Waals surface area contributed by atoms with Crippen LogP contribution in [-0.2, 0) is 14.8 Å². The molecule has 8 heteroatoms. The average molecular weight is 498 g/mol. The summed E-state index contributed by atoms with van der Waals surface area (Å²) in [7, 11) is -4.01. The van der Waals surface area contributed by atoms with Crippen LogP contribution < -0.4 is 9.04 Å². The maximum atomic E-state index is 14.5. The van der Waals surface area contributed by atoms with Crippen LogP contribution in [0.1, 0.15) is 24.8 Å². The molecular weight excluding hydrogens is 472 g/mol. The van der Waals surface area contributed by atoms with Crippen LogP contribution in [0.2, 0.25) is 0 Å².